The second-order valence-electron chi connectivity index (χ2n) is 3.90. The summed E-state index contributed by atoms with van der Waals surface area (Å²) in [4.78, 5) is 23.5. The van der Waals surface area contributed by atoms with E-state index in [1.165, 1.54) is 20.3 Å². The minimum atomic E-state index is -0.552. The number of hydrogen-bond acceptors (Lipinski definition) is 5. The molecule has 6 nitrogen and oxygen atoms in total. The van der Waals surface area contributed by atoms with Gasteiger partial charge >= 0.3 is 0 Å². The first-order chi connectivity index (χ1) is 9.55. The van der Waals surface area contributed by atoms with Crippen LogP contribution in [0, 0.1) is 0 Å². The van der Waals surface area contributed by atoms with Crippen molar-refractivity contribution in [3.63, 3.8) is 0 Å². The van der Waals surface area contributed by atoms with Gasteiger partial charge in [0, 0.05) is 5.56 Å². The highest BCUT2D eigenvalue weighted by atomic mass is 32.1. The van der Waals surface area contributed by atoms with Crippen molar-refractivity contribution in [2.45, 2.75) is 0 Å². The molecule has 20 heavy (non-hydrogen) atoms. The number of thiocarbonyl (C=S) groups is 1. The Morgan fingerprint density at radius 2 is 1.75 bits per heavy atom. The summed E-state index contributed by atoms with van der Waals surface area (Å²) in [5, 5.41) is 4.73. The van der Waals surface area contributed by atoms with Gasteiger partial charge in [0.15, 0.2) is 5.11 Å². The second-order valence-corrected chi connectivity index (χ2v) is 4.31. The molecule has 7 heteroatoms. The molecule has 2 rings (SSSR count). The van der Waals surface area contributed by atoms with Gasteiger partial charge in [-0.3, -0.25) is 20.2 Å². The third-order valence-corrected chi connectivity index (χ3v) is 2.88. The summed E-state index contributed by atoms with van der Waals surface area (Å²) >= 11 is 4.73. The van der Waals surface area contributed by atoms with E-state index in [0.29, 0.717) is 17.1 Å². The summed E-state index contributed by atoms with van der Waals surface area (Å²) in [5.41, 5.74) is 0.505. The van der Waals surface area contributed by atoms with Crippen LogP contribution >= 0.6 is 12.2 Å². The van der Waals surface area contributed by atoms with Crippen molar-refractivity contribution in [3.05, 3.63) is 29.3 Å². The molecule has 104 valence electrons. The van der Waals surface area contributed by atoms with Crippen molar-refractivity contribution in [3.8, 4) is 11.5 Å². The van der Waals surface area contributed by atoms with Crippen LogP contribution in [0.5, 0.6) is 11.5 Å². The Bertz CT molecular complexity index is 603. The topological polar surface area (TPSA) is 76.7 Å². The van der Waals surface area contributed by atoms with Gasteiger partial charge in [-0.05, 0) is 36.5 Å². The van der Waals surface area contributed by atoms with Gasteiger partial charge in [0.25, 0.3) is 11.8 Å². The van der Waals surface area contributed by atoms with Crippen LogP contribution in [0.1, 0.15) is 5.56 Å². The van der Waals surface area contributed by atoms with Gasteiger partial charge in [-0.1, -0.05) is 0 Å². The molecule has 1 saturated heterocycles. The highest BCUT2D eigenvalue weighted by Gasteiger charge is 2.26. The number of amides is 2. The smallest absolute Gasteiger partial charge is 0.263 e. The van der Waals surface area contributed by atoms with Crippen LogP contribution in [-0.2, 0) is 9.59 Å². The van der Waals surface area contributed by atoms with Crippen LogP contribution in [0.3, 0.4) is 0 Å². The van der Waals surface area contributed by atoms with Crippen molar-refractivity contribution >= 4 is 35.2 Å². The summed E-state index contributed by atoms with van der Waals surface area (Å²) in [6, 6.07) is 5.07. The first-order valence-electron chi connectivity index (χ1n) is 5.65. The molecule has 2 amide bonds. The van der Waals surface area contributed by atoms with Gasteiger partial charge in [0.2, 0.25) is 0 Å². The molecule has 1 aromatic rings. The number of ether oxygens (including phenoxy) is 2. The number of nitrogens with one attached hydrogen (secondary N) is 2. The van der Waals surface area contributed by atoms with Crippen molar-refractivity contribution in [2.75, 3.05) is 14.2 Å². The molecule has 0 spiro atoms. The highest BCUT2D eigenvalue weighted by molar-refractivity contribution is 7.80. The maximum absolute atomic E-state index is 11.8. The molecule has 1 fully saturated rings. The van der Waals surface area contributed by atoms with Gasteiger partial charge < -0.3 is 9.47 Å². The molecule has 0 bridgehead atoms. The number of carbonyl (C=O) groups excluding carboxylic acids is 2. The molecule has 0 radical (unpaired) electrons. The van der Waals surface area contributed by atoms with E-state index in [4.69, 9.17) is 21.7 Å². The third-order valence-electron chi connectivity index (χ3n) is 2.68. The number of carbonyl (C=O) groups is 2. The van der Waals surface area contributed by atoms with Crippen LogP contribution in [-0.4, -0.2) is 31.1 Å². The van der Waals surface area contributed by atoms with Crippen LogP contribution in [0.4, 0.5) is 0 Å². The zero-order chi connectivity index (χ0) is 14.7. The number of rotatable bonds is 3. The lowest BCUT2D eigenvalue weighted by molar-refractivity contribution is -0.123. The fraction of sp³-hybridized carbons (Fsp3) is 0.154. The van der Waals surface area contributed by atoms with Gasteiger partial charge in [-0.25, -0.2) is 0 Å². The van der Waals surface area contributed by atoms with Crippen molar-refractivity contribution in [2.24, 2.45) is 0 Å². The maximum atomic E-state index is 11.8. The molecule has 0 saturated carbocycles. The molecular formula is C13H12N2O4S. The van der Waals surface area contributed by atoms with E-state index in [1.807, 2.05) is 0 Å². The van der Waals surface area contributed by atoms with Crippen molar-refractivity contribution < 1.29 is 19.1 Å². The molecule has 0 atom stereocenters. The minimum Gasteiger partial charge on any atom is -0.497 e. The lowest BCUT2D eigenvalue weighted by Crippen LogP contribution is -2.51. The first kappa shape index (κ1) is 14.0. The summed E-state index contributed by atoms with van der Waals surface area (Å²) < 4.78 is 10.3. The summed E-state index contributed by atoms with van der Waals surface area (Å²) in [7, 11) is 3.02. The number of hydrogen-bond donors (Lipinski definition) is 2. The normalized spacial score (nSPS) is 14.5. The lowest BCUT2D eigenvalue weighted by atomic mass is 10.1. The Hall–Kier alpha value is -2.41. The zero-order valence-electron chi connectivity index (χ0n) is 10.9. The molecule has 1 heterocycles. The van der Waals surface area contributed by atoms with Crippen LogP contribution in [0.15, 0.2) is 23.8 Å². The van der Waals surface area contributed by atoms with E-state index in [9.17, 15) is 9.59 Å². The summed E-state index contributed by atoms with van der Waals surface area (Å²) in [6.45, 7) is 0. The Morgan fingerprint density at radius 1 is 1.10 bits per heavy atom. The monoisotopic (exact) mass is 292 g/mol. The van der Waals surface area contributed by atoms with E-state index < -0.39 is 11.8 Å². The Labute approximate surface area is 120 Å². The molecule has 0 unspecified atom stereocenters. The van der Waals surface area contributed by atoms with Gasteiger partial charge in [-0.2, -0.15) is 0 Å². The molecule has 1 aliphatic heterocycles. The predicted octanol–water partition coefficient (Wildman–Crippen LogP) is 0.618. The molecule has 0 aromatic heterocycles. The zero-order valence-corrected chi connectivity index (χ0v) is 11.7. The Balaban J connectivity index is 2.45. The Morgan fingerprint density at radius 3 is 2.30 bits per heavy atom. The van der Waals surface area contributed by atoms with Crippen molar-refractivity contribution in [1.82, 2.24) is 10.6 Å². The summed E-state index contributed by atoms with van der Waals surface area (Å²) in [6.07, 6.45) is 1.42. The van der Waals surface area contributed by atoms with E-state index in [-0.39, 0.29) is 10.7 Å². The fourth-order valence-electron chi connectivity index (χ4n) is 1.71. The van der Waals surface area contributed by atoms with E-state index in [2.05, 4.69) is 10.6 Å². The molecule has 0 aliphatic carbocycles. The van der Waals surface area contributed by atoms with E-state index in [1.54, 1.807) is 18.2 Å². The average molecular weight is 292 g/mol. The van der Waals surface area contributed by atoms with Crippen molar-refractivity contribution in [1.29, 1.82) is 0 Å². The van der Waals surface area contributed by atoms with Gasteiger partial charge in [-0.15, -0.1) is 0 Å². The second kappa shape index (κ2) is 5.70. The predicted molar refractivity (Wildman–Crippen MR) is 76.4 cm³/mol. The lowest BCUT2D eigenvalue weighted by Gasteiger charge is -2.17. The first-order valence-corrected chi connectivity index (χ1v) is 6.06. The standard InChI is InChI=1S/C13H12N2O4S/c1-18-8-3-4-10(19-2)7(5-8)6-9-11(16)14-13(20)15-12(9)17/h3-6H,1-2H3,(H2,14,15,16,17,20). The van der Waals surface area contributed by atoms with Gasteiger partial charge in [0.05, 0.1) is 14.2 Å². The third kappa shape index (κ3) is 2.77. The summed E-state index contributed by atoms with van der Waals surface area (Å²) in [5.74, 6) is 0.00379. The van der Waals surface area contributed by atoms with Gasteiger partial charge in [0.1, 0.15) is 17.1 Å². The average Bonchev–Trinajstić information content (AvgIpc) is 2.42. The number of benzene rings is 1. The highest BCUT2D eigenvalue weighted by Crippen LogP contribution is 2.26. The molecule has 1 aliphatic rings. The largest absolute Gasteiger partial charge is 0.497 e. The minimum absolute atomic E-state index is 0.00485. The fourth-order valence-corrected chi connectivity index (χ4v) is 1.90. The molecule has 1 aromatic carbocycles. The van der Waals surface area contributed by atoms with Crippen LogP contribution in [0.25, 0.3) is 6.08 Å². The van der Waals surface area contributed by atoms with Crippen LogP contribution < -0.4 is 20.1 Å². The quantitative estimate of drug-likeness (QED) is 0.485. The van der Waals surface area contributed by atoms with E-state index >= 15 is 0 Å². The Kier molecular flexibility index (Phi) is 3.99. The SMILES string of the molecule is COc1ccc(OC)c(C=C2C(=O)NC(=S)NC2=O)c1. The maximum Gasteiger partial charge on any atom is 0.263 e. The number of methoxy groups -OCH3 is 2. The van der Waals surface area contributed by atoms with E-state index in [0.717, 1.165) is 0 Å². The molecular weight excluding hydrogens is 280 g/mol. The molecule has 2 N–H and O–H groups in total. The van der Waals surface area contributed by atoms with Crippen LogP contribution in [0.2, 0.25) is 0 Å².